The molecule has 2 fully saturated rings. The van der Waals surface area contributed by atoms with Gasteiger partial charge in [0.25, 0.3) is 0 Å². The van der Waals surface area contributed by atoms with Gasteiger partial charge in [-0.3, -0.25) is 4.79 Å². The largest absolute Gasteiger partial charge is 0.432 e. The molecule has 0 bridgehead atoms. The summed E-state index contributed by atoms with van der Waals surface area (Å²) in [6, 6.07) is 8.79. The smallest absolute Gasteiger partial charge is 0.315 e. The predicted molar refractivity (Wildman–Crippen MR) is 101 cm³/mol. The van der Waals surface area contributed by atoms with Crippen LogP contribution in [0.3, 0.4) is 0 Å². The van der Waals surface area contributed by atoms with Gasteiger partial charge in [0.05, 0.1) is 19.1 Å². The zero-order valence-electron chi connectivity index (χ0n) is 16.8. The Morgan fingerprint density at radius 2 is 1.61 bits per heavy atom. The van der Waals surface area contributed by atoms with Gasteiger partial charge in [-0.25, -0.2) is 0 Å². The van der Waals surface area contributed by atoms with Crippen molar-refractivity contribution in [1.82, 2.24) is 0 Å². The zero-order valence-corrected chi connectivity index (χ0v) is 16.8. The predicted octanol–water partition coefficient (Wildman–Crippen LogP) is -2.40. The monoisotopic (exact) mass is 444 g/mol. The van der Waals surface area contributed by atoms with Crippen LogP contribution in [0.15, 0.2) is 30.3 Å². The topological polar surface area (TPSA) is 175 Å². The Labute approximate surface area is 178 Å². The van der Waals surface area contributed by atoms with Crippen LogP contribution in [-0.2, 0) is 23.7 Å². The number of carbonyl (C=O) groups excluding carboxylic acids is 1. The highest BCUT2D eigenvalue weighted by Gasteiger charge is 2.47. The third-order valence-corrected chi connectivity index (χ3v) is 5.43. The molecule has 1 aromatic carbocycles. The van der Waals surface area contributed by atoms with Crippen LogP contribution in [0.25, 0.3) is 0 Å². The van der Waals surface area contributed by atoms with E-state index in [2.05, 4.69) is 0 Å². The average molecular weight is 444 g/mol. The molecule has 11 nitrogen and oxygen atoms in total. The molecule has 2 aliphatic rings. The minimum absolute atomic E-state index is 0.282. The van der Waals surface area contributed by atoms with Crippen LogP contribution >= 0.6 is 0 Å². The lowest BCUT2D eigenvalue weighted by Crippen LogP contribution is -2.60. The first-order valence-electron chi connectivity index (χ1n) is 9.93. The van der Waals surface area contributed by atoms with Gasteiger partial charge in [0.15, 0.2) is 6.29 Å². The van der Waals surface area contributed by atoms with Gasteiger partial charge in [-0.2, -0.15) is 0 Å². The number of carbonyl (C=O) groups is 1. The number of hydrogen-bond donors (Lipinski definition) is 6. The van der Waals surface area contributed by atoms with E-state index >= 15 is 0 Å². The van der Waals surface area contributed by atoms with Gasteiger partial charge in [0, 0.05) is 0 Å². The number of benzene rings is 1. The van der Waals surface area contributed by atoms with Crippen LogP contribution in [0.2, 0.25) is 0 Å². The first-order valence-corrected chi connectivity index (χ1v) is 9.93. The van der Waals surface area contributed by atoms with Crippen molar-refractivity contribution in [2.45, 2.75) is 68.1 Å². The Kier molecular flexibility index (Phi) is 7.97. The number of hydrogen-bond acceptors (Lipinski definition) is 11. The molecule has 0 saturated carbocycles. The van der Waals surface area contributed by atoms with E-state index in [-0.39, 0.29) is 6.61 Å². The summed E-state index contributed by atoms with van der Waals surface area (Å²) in [5.74, 6) is -1.38. The van der Waals surface area contributed by atoms with E-state index in [0.29, 0.717) is 5.56 Å². The number of aliphatic hydroxyl groups is 6. The fourth-order valence-corrected chi connectivity index (χ4v) is 3.36. The van der Waals surface area contributed by atoms with Gasteiger partial charge in [-0.05, 0) is 12.5 Å². The molecule has 174 valence electrons. The van der Waals surface area contributed by atoms with E-state index < -0.39 is 73.8 Å². The number of ether oxygens (including phenoxy) is 4. The SMILES string of the molecule is C[C@H](C(=O)O[C@@H]1O[C@H](CO[C@@H]2OC[C@@H](O)[C@H](O)[C@H]2O)[C@@H](O)[C@H](O)[C@H]1O)c1ccccc1. The zero-order chi connectivity index (χ0) is 22.7. The van der Waals surface area contributed by atoms with Gasteiger partial charge >= 0.3 is 5.97 Å². The van der Waals surface area contributed by atoms with E-state index in [4.69, 9.17) is 18.9 Å². The first-order chi connectivity index (χ1) is 14.7. The fourth-order valence-electron chi connectivity index (χ4n) is 3.36. The quantitative estimate of drug-likeness (QED) is 0.258. The maximum absolute atomic E-state index is 12.5. The Balaban J connectivity index is 1.60. The number of aliphatic hydroxyl groups excluding tert-OH is 6. The molecule has 3 rings (SSSR count). The van der Waals surface area contributed by atoms with E-state index in [1.807, 2.05) is 0 Å². The Bertz CT molecular complexity index is 716. The summed E-state index contributed by atoms with van der Waals surface area (Å²) in [5.41, 5.74) is 0.683. The molecule has 0 spiro atoms. The maximum Gasteiger partial charge on any atom is 0.315 e. The summed E-state index contributed by atoms with van der Waals surface area (Å²) in [7, 11) is 0. The Hall–Kier alpha value is -1.67. The van der Waals surface area contributed by atoms with E-state index in [1.54, 1.807) is 37.3 Å². The summed E-state index contributed by atoms with van der Waals surface area (Å²) < 4.78 is 21.1. The molecule has 6 N–H and O–H groups in total. The third kappa shape index (κ3) is 5.40. The van der Waals surface area contributed by atoms with Crippen LogP contribution in [0.5, 0.6) is 0 Å². The Morgan fingerprint density at radius 1 is 0.968 bits per heavy atom. The van der Waals surface area contributed by atoms with Crippen molar-refractivity contribution in [3.8, 4) is 0 Å². The molecule has 0 radical (unpaired) electrons. The van der Waals surface area contributed by atoms with Crippen molar-refractivity contribution in [2.75, 3.05) is 13.2 Å². The summed E-state index contributed by atoms with van der Waals surface area (Å²) in [4.78, 5) is 12.5. The molecule has 31 heavy (non-hydrogen) atoms. The van der Waals surface area contributed by atoms with Gasteiger partial charge in [-0.15, -0.1) is 0 Å². The molecule has 10 atom stereocenters. The lowest BCUT2D eigenvalue weighted by molar-refractivity contribution is -0.315. The van der Waals surface area contributed by atoms with Crippen LogP contribution < -0.4 is 0 Å². The van der Waals surface area contributed by atoms with E-state index in [9.17, 15) is 35.4 Å². The molecule has 0 unspecified atom stereocenters. The molecule has 2 aliphatic heterocycles. The van der Waals surface area contributed by atoms with Gasteiger partial charge in [-0.1, -0.05) is 30.3 Å². The van der Waals surface area contributed by atoms with Crippen molar-refractivity contribution in [3.63, 3.8) is 0 Å². The average Bonchev–Trinajstić information content (AvgIpc) is 2.78. The van der Waals surface area contributed by atoms with Gasteiger partial charge in [0.2, 0.25) is 6.29 Å². The molecule has 1 aromatic rings. The van der Waals surface area contributed by atoms with Crippen LogP contribution in [0.1, 0.15) is 18.4 Å². The lowest BCUT2D eigenvalue weighted by Gasteiger charge is -2.41. The van der Waals surface area contributed by atoms with Crippen LogP contribution in [0, 0.1) is 0 Å². The molecule has 2 heterocycles. The molecule has 2 saturated heterocycles. The maximum atomic E-state index is 12.5. The molecule has 11 heteroatoms. The third-order valence-electron chi connectivity index (χ3n) is 5.43. The van der Waals surface area contributed by atoms with Gasteiger partial charge < -0.3 is 49.6 Å². The summed E-state index contributed by atoms with van der Waals surface area (Å²) >= 11 is 0. The van der Waals surface area contributed by atoms with Crippen molar-refractivity contribution >= 4 is 5.97 Å². The minimum Gasteiger partial charge on any atom is -0.432 e. The minimum atomic E-state index is -1.70. The van der Waals surface area contributed by atoms with E-state index in [0.717, 1.165) is 0 Å². The van der Waals surface area contributed by atoms with Crippen LogP contribution in [0.4, 0.5) is 0 Å². The second-order valence-electron chi connectivity index (χ2n) is 7.67. The van der Waals surface area contributed by atoms with Crippen molar-refractivity contribution < 1.29 is 54.4 Å². The number of esters is 1. The summed E-state index contributed by atoms with van der Waals surface area (Å²) in [6.07, 6.45) is -13.5. The van der Waals surface area contributed by atoms with Crippen LogP contribution in [-0.4, -0.2) is 105 Å². The highest BCUT2D eigenvalue weighted by atomic mass is 16.7. The summed E-state index contributed by atoms with van der Waals surface area (Å²) in [6.45, 7) is 0.897. The normalized spacial score (nSPS) is 39.6. The van der Waals surface area contributed by atoms with Crippen molar-refractivity contribution in [1.29, 1.82) is 0 Å². The molecule has 0 aliphatic carbocycles. The van der Waals surface area contributed by atoms with Crippen molar-refractivity contribution in [2.24, 2.45) is 0 Å². The molecule has 0 amide bonds. The summed E-state index contributed by atoms with van der Waals surface area (Å²) in [5, 5.41) is 59.6. The Morgan fingerprint density at radius 3 is 2.29 bits per heavy atom. The molecule has 0 aromatic heterocycles. The molecular formula is C20H28O11. The standard InChI is InChI=1S/C20H28O11/c1-9(10-5-3-2-4-6-10)18(27)31-20-17(26)15(24)14(23)12(30-20)8-29-19-16(25)13(22)11(21)7-28-19/h2-6,9,11-17,19-26H,7-8H2,1H3/t9-,11+,12+,13-,14+,15-,16+,17+,19-,20-/m0/s1. The fraction of sp³-hybridized carbons (Fsp3) is 0.650. The second-order valence-corrected chi connectivity index (χ2v) is 7.67. The lowest BCUT2D eigenvalue weighted by atomic mass is 9.98. The first kappa shape index (κ1) is 24.0. The van der Waals surface area contributed by atoms with E-state index in [1.165, 1.54) is 0 Å². The highest BCUT2D eigenvalue weighted by Crippen LogP contribution is 2.26. The number of rotatable bonds is 6. The molecular weight excluding hydrogens is 416 g/mol. The second kappa shape index (κ2) is 10.3. The van der Waals surface area contributed by atoms with Gasteiger partial charge in [0.1, 0.15) is 42.7 Å². The highest BCUT2D eigenvalue weighted by molar-refractivity contribution is 5.77. The van der Waals surface area contributed by atoms with Crippen molar-refractivity contribution in [3.05, 3.63) is 35.9 Å².